The molecule has 0 heterocycles. The predicted octanol–water partition coefficient (Wildman–Crippen LogP) is 3.97. The Kier molecular flexibility index (Phi) is 7.92. The number of benzene rings is 2. The average Bonchev–Trinajstić information content (AvgIpc) is 2.70. The third kappa shape index (κ3) is 5.52. The second-order valence-electron chi connectivity index (χ2n) is 6.07. The Morgan fingerprint density at radius 3 is 2.29 bits per heavy atom. The fourth-order valence-corrected chi connectivity index (χ4v) is 2.80. The Balaban J connectivity index is 2.07. The molecule has 1 N–H and O–H groups in total. The molecule has 2 aromatic carbocycles. The van der Waals surface area contributed by atoms with Crippen molar-refractivity contribution in [3.05, 3.63) is 53.3 Å². The van der Waals surface area contributed by atoms with Crippen molar-refractivity contribution in [3.8, 4) is 17.2 Å². The summed E-state index contributed by atoms with van der Waals surface area (Å²) >= 11 is 0. The van der Waals surface area contributed by atoms with Gasteiger partial charge in [0.05, 0.1) is 20.8 Å². The lowest BCUT2D eigenvalue weighted by Crippen LogP contribution is -2.39. The minimum atomic E-state index is -0.317. The van der Waals surface area contributed by atoms with Crippen LogP contribution < -0.4 is 19.5 Å². The summed E-state index contributed by atoms with van der Waals surface area (Å²) in [7, 11) is 3.11. The highest BCUT2D eigenvalue weighted by atomic mass is 19.1. The summed E-state index contributed by atoms with van der Waals surface area (Å²) < 4.78 is 29.7. The molecule has 152 valence electrons. The molecule has 0 aliphatic heterocycles. The maximum Gasteiger partial charge on any atom is 0.317 e. The SMILES string of the molecule is CCOc1c(OC)cc(CNC(=O)N(CC)Cc2cccc(F)c2)cc1OC. The maximum atomic E-state index is 13.4. The van der Waals surface area contributed by atoms with Crippen LogP contribution in [0.4, 0.5) is 9.18 Å². The fraction of sp³-hybridized carbons (Fsp3) is 0.381. The molecule has 0 spiro atoms. The first kappa shape index (κ1) is 21.3. The van der Waals surface area contributed by atoms with Gasteiger partial charge in [-0.1, -0.05) is 12.1 Å². The summed E-state index contributed by atoms with van der Waals surface area (Å²) in [5.41, 5.74) is 1.55. The van der Waals surface area contributed by atoms with Gasteiger partial charge in [-0.2, -0.15) is 0 Å². The number of methoxy groups -OCH3 is 2. The van der Waals surface area contributed by atoms with Crippen LogP contribution >= 0.6 is 0 Å². The Bertz CT molecular complexity index is 773. The number of ether oxygens (including phenoxy) is 3. The number of rotatable bonds is 9. The maximum absolute atomic E-state index is 13.4. The second-order valence-corrected chi connectivity index (χ2v) is 6.07. The van der Waals surface area contributed by atoms with E-state index in [0.717, 1.165) is 11.1 Å². The molecule has 0 saturated carbocycles. The van der Waals surface area contributed by atoms with Gasteiger partial charge in [-0.25, -0.2) is 9.18 Å². The Hall–Kier alpha value is -2.96. The zero-order chi connectivity index (χ0) is 20.5. The highest BCUT2D eigenvalue weighted by Gasteiger charge is 2.16. The molecule has 0 aliphatic rings. The third-order valence-electron chi connectivity index (χ3n) is 4.18. The molecule has 0 unspecified atom stereocenters. The minimum Gasteiger partial charge on any atom is -0.493 e. The van der Waals surface area contributed by atoms with E-state index in [0.29, 0.717) is 36.9 Å². The molecule has 2 aromatic rings. The van der Waals surface area contributed by atoms with Crippen LogP contribution in [0.15, 0.2) is 36.4 Å². The number of nitrogens with zero attached hydrogens (tertiary/aromatic N) is 1. The van der Waals surface area contributed by atoms with Crippen LogP contribution in [0.3, 0.4) is 0 Å². The lowest BCUT2D eigenvalue weighted by atomic mass is 10.1. The molecule has 0 radical (unpaired) electrons. The van der Waals surface area contributed by atoms with Crippen molar-refractivity contribution in [2.75, 3.05) is 27.4 Å². The van der Waals surface area contributed by atoms with Gasteiger partial charge in [-0.15, -0.1) is 0 Å². The number of hydrogen-bond acceptors (Lipinski definition) is 4. The van der Waals surface area contributed by atoms with Gasteiger partial charge in [-0.05, 0) is 49.2 Å². The van der Waals surface area contributed by atoms with E-state index >= 15 is 0 Å². The number of halogens is 1. The molecule has 0 atom stereocenters. The summed E-state index contributed by atoms with van der Waals surface area (Å²) in [6.45, 7) is 5.35. The number of nitrogens with one attached hydrogen (secondary N) is 1. The molecular weight excluding hydrogens is 363 g/mol. The minimum absolute atomic E-state index is 0.237. The molecule has 28 heavy (non-hydrogen) atoms. The number of carbonyl (C=O) groups is 1. The lowest BCUT2D eigenvalue weighted by Gasteiger charge is -2.22. The number of amides is 2. The first-order valence-corrected chi connectivity index (χ1v) is 9.17. The van der Waals surface area contributed by atoms with Gasteiger partial charge in [0.15, 0.2) is 11.5 Å². The van der Waals surface area contributed by atoms with Gasteiger partial charge in [0.2, 0.25) is 5.75 Å². The van der Waals surface area contributed by atoms with Crippen LogP contribution in [0.5, 0.6) is 17.2 Å². The topological polar surface area (TPSA) is 60.0 Å². The first-order valence-electron chi connectivity index (χ1n) is 9.17. The zero-order valence-electron chi connectivity index (χ0n) is 16.8. The van der Waals surface area contributed by atoms with E-state index in [9.17, 15) is 9.18 Å². The largest absolute Gasteiger partial charge is 0.493 e. The standard InChI is InChI=1S/C21H27FN2O4/c1-5-24(14-15-8-7-9-17(22)10-15)21(25)23-13-16-11-18(26-3)20(28-6-2)19(12-16)27-4/h7-12H,5-6,13-14H2,1-4H3,(H,23,25). The smallest absolute Gasteiger partial charge is 0.317 e. The van der Waals surface area contributed by atoms with Gasteiger partial charge in [0.1, 0.15) is 5.82 Å². The van der Waals surface area contributed by atoms with E-state index in [4.69, 9.17) is 14.2 Å². The molecule has 0 aromatic heterocycles. The predicted molar refractivity (Wildman–Crippen MR) is 105 cm³/mol. The Morgan fingerprint density at radius 1 is 1.07 bits per heavy atom. The van der Waals surface area contributed by atoms with Crippen LogP contribution in [-0.2, 0) is 13.1 Å². The van der Waals surface area contributed by atoms with E-state index < -0.39 is 0 Å². The quantitative estimate of drug-likeness (QED) is 0.704. The molecule has 0 aliphatic carbocycles. The molecule has 2 rings (SSSR count). The molecule has 0 saturated heterocycles. The van der Waals surface area contributed by atoms with E-state index in [-0.39, 0.29) is 18.4 Å². The number of urea groups is 1. The summed E-state index contributed by atoms with van der Waals surface area (Å²) in [6.07, 6.45) is 0. The molecular formula is C21H27FN2O4. The Labute approximate surface area is 165 Å². The van der Waals surface area contributed by atoms with Crippen molar-refractivity contribution in [1.29, 1.82) is 0 Å². The monoisotopic (exact) mass is 390 g/mol. The van der Waals surface area contributed by atoms with E-state index in [1.807, 2.05) is 13.8 Å². The van der Waals surface area contributed by atoms with Gasteiger partial charge >= 0.3 is 6.03 Å². The molecule has 7 heteroatoms. The van der Waals surface area contributed by atoms with Crippen molar-refractivity contribution in [2.24, 2.45) is 0 Å². The van der Waals surface area contributed by atoms with Gasteiger partial charge in [0, 0.05) is 19.6 Å². The summed E-state index contributed by atoms with van der Waals surface area (Å²) in [5.74, 6) is 1.29. The van der Waals surface area contributed by atoms with Crippen molar-refractivity contribution >= 4 is 6.03 Å². The summed E-state index contributed by atoms with van der Waals surface area (Å²) in [5, 5.41) is 2.88. The summed E-state index contributed by atoms with van der Waals surface area (Å²) in [6, 6.07) is 9.60. The van der Waals surface area contributed by atoms with Crippen LogP contribution in [0.2, 0.25) is 0 Å². The van der Waals surface area contributed by atoms with Crippen molar-refractivity contribution in [3.63, 3.8) is 0 Å². The van der Waals surface area contributed by atoms with Crippen molar-refractivity contribution in [2.45, 2.75) is 26.9 Å². The Morgan fingerprint density at radius 2 is 1.75 bits per heavy atom. The van der Waals surface area contributed by atoms with Crippen LogP contribution in [0, 0.1) is 5.82 Å². The number of carbonyl (C=O) groups excluding carboxylic acids is 1. The zero-order valence-corrected chi connectivity index (χ0v) is 16.8. The molecule has 2 amide bonds. The van der Waals surface area contributed by atoms with E-state index in [1.165, 1.54) is 12.1 Å². The first-order chi connectivity index (χ1) is 13.5. The van der Waals surface area contributed by atoms with Crippen LogP contribution in [-0.4, -0.2) is 38.3 Å². The van der Waals surface area contributed by atoms with Gasteiger partial charge in [-0.3, -0.25) is 0 Å². The van der Waals surface area contributed by atoms with Crippen LogP contribution in [0.1, 0.15) is 25.0 Å². The summed E-state index contributed by atoms with van der Waals surface area (Å²) in [4.78, 5) is 14.2. The molecule has 6 nitrogen and oxygen atoms in total. The van der Waals surface area contributed by atoms with Crippen molar-refractivity contribution in [1.82, 2.24) is 10.2 Å². The second kappa shape index (κ2) is 10.4. The van der Waals surface area contributed by atoms with E-state index in [1.54, 1.807) is 43.4 Å². The van der Waals surface area contributed by atoms with Gasteiger partial charge < -0.3 is 24.4 Å². The number of hydrogen-bond donors (Lipinski definition) is 1. The van der Waals surface area contributed by atoms with E-state index in [2.05, 4.69) is 5.32 Å². The lowest BCUT2D eigenvalue weighted by molar-refractivity contribution is 0.197. The average molecular weight is 390 g/mol. The highest BCUT2D eigenvalue weighted by molar-refractivity contribution is 5.74. The normalized spacial score (nSPS) is 10.3. The van der Waals surface area contributed by atoms with Gasteiger partial charge in [0.25, 0.3) is 0 Å². The molecule has 0 bridgehead atoms. The highest BCUT2D eigenvalue weighted by Crippen LogP contribution is 2.38. The van der Waals surface area contributed by atoms with Crippen LogP contribution in [0.25, 0.3) is 0 Å². The van der Waals surface area contributed by atoms with Crippen molar-refractivity contribution < 1.29 is 23.4 Å². The third-order valence-corrected chi connectivity index (χ3v) is 4.18. The molecule has 0 fully saturated rings. The fourth-order valence-electron chi connectivity index (χ4n) is 2.80.